The quantitative estimate of drug-likeness (QED) is 0.665. The summed E-state index contributed by atoms with van der Waals surface area (Å²) in [7, 11) is 0. The van der Waals surface area contributed by atoms with E-state index >= 15 is 0 Å². The summed E-state index contributed by atoms with van der Waals surface area (Å²) in [5, 5.41) is 9.36. The summed E-state index contributed by atoms with van der Waals surface area (Å²) in [6, 6.07) is 7.41. The van der Waals surface area contributed by atoms with Crippen LogP contribution < -0.4 is 9.47 Å². The van der Waals surface area contributed by atoms with E-state index in [1.54, 1.807) is 0 Å². The Hall–Kier alpha value is -2.76. The van der Waals surface area contributed by atoms with Crippen LogP contribution in [0.4, 0.5) is 4.79 Å². The highest BCUT2D eigenvalue weighted by Crippen LogP contribution is 2.31. The summed E-state index contributed by atoms with van der Waals surface area (Å²) in [5.74, 6) is 1.44. The molecule has 0 saturated carbocycles. The first kappa shape index (κ1) is 23.4. The van der Waals surface area contributed by atoms with Crippen molar-refractivity contribution in [1.82, 2.24) is 14.9 Å². The second-order valence-electron chi connectivity index (χ2n) is 8.05. The van der Waals surface area contributed by atoms with E-state index in [0.29, 0.717) is 55.7 Å². The Kier molecular flexibility index (Phi) is 7.41. The molecule has 2 aliphatic rings. The molecule has 1 aromatic heterocycles. The molecule has 10 nitrogen and oxygen atoms in total. The standard InChI is InChI=1S/C22H27N3O7S/c1-3-17-10-19(8-9-25(17)22(26)27)32-21-14(2)20(23-13-24-21)31-18-6-4-15(5-7-18)16-11-29-33(28)30-12-16/h4-7,13,16-17,19H,3,8-12H2,1-2H3,(H,26,27)/t16?,17-,19-,33?/m1/s1. The molecule has 1 aromatic carbocycles. The van der Waals surface area contributed by atoms with E-state index < -0.39 is 17.5 Å². The first-order chi connectivity index (χ1) is 15.9. The van der Waals surface area contributed by atoms with Crippen LogP contribution in [-0.4, -0.2) is 62.2 Å². The molecule has 0 unspecified atom stereocenters. The van der Waals surface area contributed by atoms with Crippen molar-refractivity contribution < 1.29 is 31.9 Å². The molecule has 2 aromatic rings. The third-order valence-corrected chi connectivity index (χ3v) is 6.61. The summed E-state index contributed by atoms with van der Waals surface area (Å²) in [4.78, 5) is 21.4. The zero-order valence-corrected chi connectivity index (χ0v) is 19.3. The molecule has 33 heavy (non-hydrogen) atoms. The van der Waals surface area contributed by atoms with Crippen LogP contribution in [0, 0.1) is 6.92 Å². The lowest BCUT2D eigenvalue weighted by molar-refractivity contribution is 0.0507. The molecule has 1 N–H and O–H groups in total. The van der Waals surface area contributed by atoms with Gasteiger partial charge in [0, 0.05) is 31.3 Å². The van der Waals surface area contributed by atoms with Gasteiger partial charge in [0.25, 0.3) is 0 Å². The molecule has 11 heteroatoms. The lowest BCUT2D eigenvalue weighted by atomic mass is 9.98. The minimum atomic E-state index is -1.66. The molecule has 0 aliphatic carbocycles. The average Bonchev–Trinajstić information content (AvgIpc) is 2.82. The Balaban J connectivity index is 1.40. The number of piperidine rings is 1. The minimum Gasteiger partial charge on any atom is -0.474 e. The lowest BCUT2D eigenvalue weighted by Gasteiger charge is -2.37. The first-order valence-electron chi connectivity index (χ1n) is 10.9. The molecule has 0 bridgehead atoms. The first-order valence-corrected chi connectivity index (χ1v) is 11.9. The zero-order valence-electron chi connectivity index (χ0n) is 18.5. The normalized spacial score (nSPS) is 25.5. The summed E-state index contributed by atoms with van der Waals surface area (Å²) >= 11 is -1.66. The summed E-state index contributed by atoms with van der Waals surface area (Å²) in [6.45, 7) is 4.92. The Morgan fingerprint density at radius 2 is 1.91 bits per heavy atom. The second-order valence-corrected chi connectivity index (χ2v) is 8.93. The Morgan fingerprint density at radius 3 is 2.58 bits per heavy atom. The fourth-order valence-electron chi connectivity index (χ4n) is 4.03. The number of rotatable bonds is 6. The molecule has 2 aliphatic heterocycles. The third kappa shape index (κ3) is 5.60. The Morgan fingerprint density at radius 1 is 1.21 bits per heavy atom. The van der Waals surface area contributed by atoms with Gasteiger partial charge in [0.1, 0.15) is 18.2 Å². The summed E-state index contributed by atoms with van der Waals surface area (Å²) < 4.78 is 33.3. The van der Waals surface area contributed by atoms with E-state index in [9.17, 15) is 14.1 Å². The number of likely N-dealkylation sites (tertiary alicyclic amines) is 1. The highest BCUT2D eigenvalue weighted by molar-refractivity contribution is 7.75. The van der Waals surface area contributed by atoms with E-state index in [1.165, 1.54) is 11.2 Å². The Labute approximate surface area is 194 Å². The van der Waals surface area contributed by atoms with Crippen LogP contribution in [0.25, 0.3) is 0 Å². The molecule has 2 fully saturated rings. The minimum absolute atomic E-state index is 0.0111. The van der Waals surface area contributed by atoms with Gasteiger partial charge in [0.05, 0.1) is 18.8 Å². The van der Waals surface area contributed by atoms with Crippen molar-refractivity contribution in [1.29, 1.82) is 0 Å². The number of hydrogen-bond donors (Lipinski definition) is 1. The van der Waals surface area contributed by atoms with Gasteiger partial charge in [-0.3, -0.25) is 8.37 Å². The Bertz CT molecular complexity index is 994. The van der Waals surface area contributed by atoms with Crippen molar-refractivity contribution in [2.24, 2.45) is 0 Å². The van der Waals surface area contributed by atoms with Gasteiger partial charge in [-0.1, -0.05) is 19.1 Å². The van der Waals surface area contributed by atoms with Crippen molar-refractivity contribution >= 4 is 17.5 Å². The maximum absolute atomic E-state index is 11.4. The van der Waals surface area contributed by atoms with Crippen LogP contribution >= 0.6 is 0 Å². The maximum Gasteiger partial charge on any atom is 0.407 e. The number of aromatic nitrogens is 2. The molecule has 1 amide bonds. The largest absolute Gasteiger partial charge is 0.474 e. The van der Waals surface area contributed by atoms with Crippen molar-refractivity contribution in [3.05, 3.63) is 41.7 Å². The summed E-state index contributed by atoms with van der Waals surface area (Å²) in [6.07, 6.45) is 2.33. The van der Waals surface area contributed by atoms with Crippen LogP contribution in [-0.2, 0) is 19.7 Å². The summed E-state index contributed by atoms with van der Waals surface area (Å²) in [5.41, 5.74) is 1.67. The van der Waals surface area contributed by atoms with E-state index in [2.05, 4.69) is 9.97 Å². The van der Waals surface area contributed by atoms with Gasteiger partial charge in [-0.25, -0.2) is 14.8 Å². The molecular weight excluding hydrogens is 450 g/mol. The zero-order chi connectivity index (χ0) is 23.4. The molecule has 0 radical (unpaired) electrons. The van der Waals surface area contributed by atoms with Gasteiger partial charge in [-0.2, -0.15) is 4.21 Å². The van der Waals surface area contributed by atoms with E-state index in [1.807, 2.05) is 38.1 Å². The molecule has 2 saturated heterocycles. The predicted octanol–water partition coefficient (Wildman–Crippen LogP) is 3.59. The molecular formula is C22H27N3O7S. The fraction of sp³-hybridized carbons (Fsp3) is 0.500. The van der Waals surface area contributed by atoms with Crippen LogP contribution in [0.15, 0.2) is 30.6 Å². The smallest absolute Gasteiger partial charge is 0.407 e. The van der Waals surface area contributed by atoms with Gasteiger partial charge < -0.3 is 19.5 Å². The van der Waals surface area contributed by atoms with Gasteiger partial charge in [0.2, 0.25) is 11.8 Å². The third-order valence-electron chi connectivity index (χ3n) is 5.95. The van der Waals surface area contributed by atoms with Crippen molar-refractivity contribution in [3.63, 3.8) is 0 Å². The predicted molar refractivity (Wildman–Crippen MR) is 119 cm³/mol. The maximum atomic E-state index is 11.4. The SMILES string of the molecule is CC[C@@H]1C[C@H](Oc2ncnc(Oc3ccc(C4COS(=O)OC4)cc3)c2C)CCN1C(=O)O. The number of benzene rings is 1. The van der Waals surface area contributed by atoms with E-state index in [-0.39, 0.29) is 18.1 Å². The molecule has 0 spiro atoms. The van der Waals surface area contributed by atoms with E-state index in [4.69, 9.17) is 17.8 Å². The second kappa shape index (κ2) is 10.4. The van der Waals surface area contributed by atoms with Gasteiger partial charge in [-0.15, -0.1) is 0 Å². The topological polar surface area (TPSA) is 120 Å². The van der Waals surface area contributed by atoms with Crippen molar-refractivity contribution in [2.75, 3.05) is 19.8 Å². The van der Waals surface area contributed by atoms with Crippen LogP contribution in [0.1, 0.15) is 43.2 Å². The highest BCUT2D eigenvalue weighted by atomic mass is 32.2. The number of amides is 1. The number of nitrogens with zero attached hydrogens (tertiary/aromatic N) is 3. The number of carbonyl (C=O) groups is 1. The van der Waals surface area contributed by atoms with Crippen molar-refractivity contribution in [3.8, 4) is 17.5 Å². The molecule has 3 heterocycles. The van der Waals surface area contributed by atoms with Crippen LogP contribution in [0.3, 0.4) is 0 Å². The molecule has 4 rings (SSSR count). The van der Waals surface area contributed by atoms with Crippen LogP contribution in [0.5, 0.6) is 17.5 Å². The van der Waals surface area contributed by atoms with Crippen LogP contribution in [0.2, 0.25) is 0 Å². The molecule has 178 valence electrons. The fourth-order valence-corrected chi connectivity index (χ4v) is 4.65. The van der Waals surface area contributed by atoms with Gasteiger partial charge in [0.15, 0.2) is 0 Å². The average molecular weight is 478 g/mol. The number of carboxylic acid groups (broad SMARTS) is 1. The van der Waals surface area contributed by atoms with Gasteiger partial charge in [-0.05, 0) is 31.0 Å². The molecule has 2 atom stereocenters. The van der Waals surface area contributed by atoms with Gasteiger partial charge >= 0.3 is 17.5 Å². The number of hydrogen-bond acceptors (Lipinski definition) is 8. The van der Waals surface area contributed by atoms with Crippen molar-refractivity contribution in [2.45, 2.75) is 51.2 Å². The lowest BCUT2D eigenvalue weighted by Crippen LogP contribution is -2.48. The monoisotopic (exact) mass is 477 g/mol. The van der Waals surface area contributed by atoms with E-state index in [0.717, 1.165) is 12.0 Å². The highest BCUT2D eigenvalue weighted by Gasteiger charge is 2.32. The number of ether oxygens (including phenoxy) is 2.